The van der Waals surface area contributed by atoms with Crippen molar-refractivity contribution in [2.24, 2.45) is 0 Å². The summed E-state index contributed by atoms with van der Waals surface area (Å²) in [6, 6.07) is 18.9. The van der Waals surface area contributed by atoms with Gasteiger partial charge in [-0.1, -0.05) is 37.3 Å². The smallest absolute Gasteiger partial charge is 0.264 e. The van der Waals surface area contributed by atoms with Crippen molar-refractivity contribution in [1.82, 2.24) is 10.2 Å². The molecule has 3 aromatic carbocycles. The zero-order valence-electron chi connectivity index (χ0n) is 23.2. The minimum Gasteiger partial charge on any atom is -0.494 e. The number of benzene rings is 3. The van der Waals surface area contributed by atoms with E-state index >= 15 is 0 Å². The second kappa shape index (κ2) is 13.9. The summed E-state index contributed by atoms with van der Waals surface area (Å²) in [6.45, 7) is 7.21. The quantitative estimate of drug-likeness (QED) is 0.321. The molecule has 3 rings (SSSR count). The van der Waals surface area contributed by atoms with Crippen LogP contribution in [-0.4, -0.2) is 50.4 Å². The Kier molecular flexibility index (Phi) is 10.7. The summed E-state index contributed by atoms with van der Waals surface area (Å²) < 4.78 is 47.6. The van der Waals surface area contributed by atoms with Crippen molar-refractivity contribution in [3.63, 3.8) is 0 Å². The van der Waals surface area contributed by atoms with Gasteiger partial charge in [0.05, 0.1) is 17.2 Å². The van der Waals surface area contributed by atoms with Gasteiger partial charge in [-0.25, -0.2) is 12.8 Å². The minimum atomic E-state index is -4.29. The lowest BCUT2D eigenvalue weighted by atomic mass is 10.1. The topological polar surface area (TPSA) is 96.0 Å². The Labute approximate surface area is 235 Å². The number of ether oxygens (including phenoxy) is 1. The molecule has 3 aromatic rings. The van der Waals surface area contributed by atoms with Crippen LogP contribution in [0.15, 0.2) is 83.8 Å². The number of carbonyl (C=O) groups is 2. The molecule has 0 radical (unpaired) electrons. The maximum Gasteiger partial charge on any atom is 0.264 e. The maximum absolute atomic E-state index is 13.9. The number of carbonyl (C=O) groups excluding carboxylic acids is 2. The van der Waals surface area contributed by atoms with Gasteiger partial charge in [-0.05, 0) is 81.3 Å². The van der Waals surface area contributed by atoms with Gasteiger partial charge in [0, 0.05) is 12.6 Å². The Balaban J connectivity index is 2.01. The molecule has 0 heterocycles. The van der Waals surface area contributed by atoms with E-state index in [0.717, 1.165) is 34.1 Å². The Bertz CT molecular complexity index is 1370. The third-order valence-electron chi connectivity index (χ3n) is 6.48. The van der Waals surface area contributed by atoms with E-state index in [1.54, 1.807) is 31.2 Å². The third kappa shape index (κ3) is 7.81. The largest absolute Gasteiger partial charge is 0.494 e. The first-order valence-corrected chi connectivity index (χ1v) is 14.7. The molecule has 0 fully saturated rings. The molecule has 2 atom stereocenters. The van der Waals surface area contributed by atoms with Gasteiger partial charge in [0.25, 0.3) is 10.0 Å². The van der Waals surface area contributed by atoms with Crippen LogP contribution in [-0.2, 0) is 26.2 Å². The predicted molar refractivity (Wildman–Crippen MR) is 153 cm³/mol. The third-order valence-corrected chi connectivity index (χ3v) is 8.27. The second-order valence-electron chi connectivity index (χ2n) is 9.39. The highest BCUT2D eigenvalue weighted by Crippen LogP contribution is 2.27. The van der Waals surface area contributed by atoms with Crippen molar-refractivity contribution in [3.8, 4) is 5.75 Å². The number of nitrogens with zero attached hydrogens (tertiary/aromatic N) is 2. The van der Waals surface area contributed by atoms with Crippen LogP contribution in [0.1, 0.15) is 39.7 Å². The highest BCUT2D eigenvalue weighted by Gasteiger charge is 2.32. The van der Waals surface area contributed by atoms with E-state index in [1.807, 2.05) is 51.1 Å². The van der Waals surface area contributed by atoms with Gasteiger partial charge in [-0.15, -0.1) is 0 Å². The van der Waals surface area contributed by atoms with E-state index in [4.69, 9.17) is 4.74 Å². The molecule has 40 heavy (non-hydrogen) atoms. The zero-order valence-corrected chi connectivity index (χ0v) is 24.0. The van der Waals surface area contributed by atoms with Crippen LogP contribution in [0.4, 0.5) is 10.1 Å². The molecule has 0 aliphatic carbocycles. The first-order valence-electron chi connectivity index (χ1n) is 13.2. The monoisotopic (exact) mass is 569 g/mol. The summed E-state index contributed by atoms with van der Waals surface area (Å²) in [5, 5.41) is 2.90. The van der Waals surface area contributed by atoms with Crippen LogP contribution in [0.25, 0.3) is 0 Å². The molecule has 214 valence electrons. The number of halogens is 1. The first kappa shape index (κ1) is 30.6. The molecule has 0 aromatic heterocycles. The molecule has 1 N–H and O–H groups in total. The average molecular weight is 570 g/mol. The summed E-state index contributed by atoms with van der Waals surface area (Å²) in [6.07, 6.45) is 0.715. The molecule has 0 aliphatic heterocycles. The van der Waals surface area contributed by atoms with Crippen LogP contribution in [0.5, 0.6) is 5.75 Å². The van der Waals surface area contributed by atoms with Crippen molar-refractivity contribution in [2.45, 2.75) is 57.6 Å². The van der Waals surface area contributed by atoms with Crippen LogP contribution < -0.4 is 14.4 Å². The van der Waals surface area contributed by atoms with E-state index in [-0.39, 0.29) is 29.1 Å². The number of anilines is 1. The number of sulfonamides is 1. The summed E-state index contributed by atoms with van der Waals surface area (Å²) in [5.74, 6) is -0.960. The lowest BCUT2D eigenvalue weighted by Gasteiger charge is -2.32. The Hall–Kier alpha value is -3.92. The fraction of sp³-hybridized carbons (Fsp3) is 0.333. The molecule has 0 spiro atoms. The first-order chi connectivity index (χ1) is 19.1. The van der Waals surface area contributed by atoms with E-state index in [1.165, 1.54) is 4.90 Å². The number of hydrogen-bond donors (Lipinski definition) is 1. The SMILES string of the molecule is CCOc1ccc(N(CC(=O)N(Cc2ccccc2)C(C)C(=O)NC(C)CC)S(=O)(=O)c2ccc(F)cc2)cc1. The fourth-order valence-corrected chi connectivity index (χ4v) is 5.38. The normalized spacial score (nSPS) is 12.7. The second-order valence-corrected chi connectivity index (χ2v) is 11.3. The fourth-order valence-electron chi connectivity index (χ4n) is 3.97. The van der Waals surface area contributed by atoms with Gasteiger partial charge >= 0.3 is 0 Å². The highest BCUT2D eigenvalue weighted by molar-refractivity contribution is 7.92. The summed E-state index contributed by atoms with van der Waals surface area (Å²) >= 11 is 0. The van der Waals surface area contributed by atoms with Crippen LogP contribution >= 0.6 is 0 Å². The van der Waals surface area contributed by atoms with Crippen molar-refractivity contribution < 1.29 is 27.1 Å². The molecule has 0 saturated carbocycles. The number of rotatable bonds is 13. The summed E-state index contributed by atoms with van der Waals surface area (Å²) in [7, 11) is -4.29. The summed E-state index contributed by atoms with van der Waals surface area (Å²) in [5.41, 5.74) is 1.01. The Morgan fingerprint density at radius 3 is 2.12 bits per heavy atom. The van der Waals surface area contributed by atoms with Crippen LogP contribution in [0, 0.1) is 5.82 Å². The van der Waals surface area contributed by atoms with Gasteiger partial charge in [-0.2, -0.15) is 0 Å². The molecule has 0 saturated heterocycles. The van der Waals surface area contributed by atoms with E-state index < -0.39 is 34.3 Å². The number of hydrogen-bond acceptors (Lipinski definition) is 5. The van der Waals surface area contributed by atoms with E-state index in [0.29, 0.717) is 18.8 Å². The lowest BCUT2D eigenvalue weighted by molar-refractivity contribution is -0.139. The molecular weight excluding hydrogens is 533 g/mol. The Morgan fingerprint density at radius 2 is 1.55 bits per heavy atom. The lowest BCUT2D eigenvalue weighted by Crippen LogP contribution is -2.52. The van der Waals surface area contributed by atoms with Gasteiger partial charge in [-0.3, -0.25) is 13.9 Å². The molecular formula is C30H36FN3O5S. The summed E-state index contributed by atoms with van der Waals surface area (Å²) in [4.78, 5) is 28.2. The Morgan fingerprint density at radius 1 is 0.925 bits per heavy atom. The van der Waals surface area contributed by atoms with Gasteiger partial charge < -0.3 is 15.0 Å². The van der Waals surface area contributed by atoms with Gasteiger partial charge in [0.2, 0.25) is 11.8 Å². The molecule has 0 aliphatic rings. The minimum absolute atomic E-state index is 0.0946. The zero-order chi connectivity index (χ0) is 29.3. The number of nitrogens with one attached hydrogen (secondary N) is 1. The van der Waals surface area contributed by atoms with Crippen molar-refractivity contribution in [2.75, 3.05) is 17.5 Å². The number of amides is 2. The molecule has 2 amide bonds. The molecule has 0 bridgehead atoms. The predicted octanol–water partition coefficient (Wildman–Crippen LogP) is 4.75. The maximum atomic E-state index is 13.9. The van der Waals surface area contributed by atoms with Gasteiger partial charge in [0.1, 0.15) is 24.2 Å². The van der Waals surface area contributed by atoms with Crippen LogP contribution in [0.3, 0.4) is 0 Å². The van der Waals surface area contributed by atoms with Crippen LogP contribution in [0.2, 0.25) is 0 Å². The molecule has 2 unspecified atom stereocenters. The highest BCUT2D eigenvalue weighted by atomic mass is 32.2. The van der Waals surface area contributed by atoms with Gasteiger partial charge in [0.15, 0.2) is 0 Å². The molecule has 8 nitrogen and oxygen atoms in total. The van der Waals surface area contributed by atoms with E-state index in [2.05, 4.69) is 5.32 Å². The standard InChI is InChI=1S/C30H36FN3O5S/c1-5-22(3)32-30(36)23(4)33(20-24-10-8-7-9-11-24)29(35)21-34(26-14-16-27(17-15-26)39-6-2)40(37,38)28-18-12-25(31)13-19-28/h7-19,22-23H,5-6,20-21H2,1-4H3,(H,32,36). The molecule has 10 heteroatoms. The van der Waals surface area contributed by atoms with Crippen molar-refractivity contribution in [1.29, 1.82) is 0 Å². The van der Waals surface area contributed by atoms with E-state index in [9.17, 15) is 22.4 Å². The van der Waals surface area contributed by atoms with Crippen molar-refractivity contribution >= 4 is 27.5 Å². The van der Waals surface area contributed by atoms with Crippen molar-refractivity contribution in [3.05, 3.63) is 90.2 Å². The average Bonchev–Trinajstić information content (AvgIpc) is 2.95.